The van der Waals surface area contributed by atoms with Crippen LogP contribution in [0.15, 0.2) is 0 Å². The molecule has 0 unspecified atom stereocenters. The predicted molar refractivity (Wildman–Crippen MR) is 102 cm³/mol. The van der Waals surface area contributed by atoms with Crippen LogP contribution in [0.5, 0.6) is 0 Å². The van der Waals surface area contributed by atoms with Crippen LogP contribution in [0.1, 0.15) is 59.1 Å². The Morgan fingerprint density at radius 3 is 3.00 bits per heavy atom. The van der Waals surface area contributed by atoms with Gasteiger partial charge >= 0.3 is 5.97 Å². The van der Waals surface area contributed by atoms with Crippen LogP contribution < -0.4 is 10.6 Å². The zero-order valence-electron chi connectivity index (χ0n) is 17.6. The minimum Gasteiger partial charge on any atom is -0.464 e. The number of ether oxygens (including phenoxy) is 1. The maximum Gasteiger partial charge on any atom is 0.323 e. The van der Waals surface area contributed by atoms with E-state index in [0.29, 0.717) is 50.1 Å². The number of aromatic nitrogens is 4. The van der Waals surface area contributed by atoms with E-state index in [-0.39, 0.29) is 12.5 Å². The Bertz CT molecular complexity index is 673. The van der Waals surface area contributed by atoms with Gasteiger partial charge < -0.3 is 15.4 Å². The second kappa shape index (κ2) is 10.5. The Balaban J connectivity index is 1.42. The van der Waals surface area contributed by atoms with Crippen molar-refractivity contribution in [1.82, 2.24) is 31.3 Å². The number of fused-ring (bicyclic) bond motifs is 1. The van der Waals surface area contributed by atoms with E-state index in [1.165, 1.54) is 6.42 Å². The number of amides is 1. The molecule has 9 nitrogen and oxygen atoms in total. The number of carbonyl (C=O) groups excluding carboxylic acids is 2. The van der Waals surface area contributed by atoms with Crippen molar-refractivity contribution in [3.63, 3.8) is 0 Å². The number of rotatable bonds is 9. The summed E-state index contributed by atoms with van der Waals surface area (Å²) < 4.78 is 14.0. The molecule has 2 heterocycles. The first-order valence-corrected chi connectivity index (χ1v) is 10.4. The van der Waals surface area contributed by atoms with E-state index in [1.807, 2.05) is 0 Å². The van der Waals surface area contributed by atoms with Crippen LogP contribution in [0.2, 0.25) is 0 Å². The fraction of sp³-hybridized carbons (Fsp3) is 0.842. The van der Waals surface area contributed by atoms with Crippen molar-refractivity contribution in [3.05, 3.63) is 5.82 Å². The van der Waals surface area contributed by atoms with Crippen molar-refractivity contribution >= 4 is 11.9 Å². The summed E-state index contributed by atoms with van der Waals surface area (Å²) in [7, 11) is 0. The van der Waals surface area contributed by atoms with E-state index in [2.05, 4.69) is 31.3 Å². The standard InChI is InChI=1S/C19H32N6O3/c1-2-18(26)20-8-3-9-28-19(27)16-11-15-10-13(4-6-14(15)12-21-16)5-7-17-22-24-25-23-17/h13-16,21H,2-12H2,1H3,(H,20,26)(H,22,23,24,25)/t13-,14+,15-,16+/m1/s1/i16D. The molecule has 1 aromatic rings. The average molecular weight is 394 g/mol. The van der Waals surface area contributed by atoms with Gasteiger partial charge in [-0.25, -0.2) is 0 Å². The largest absolute Gasteiger partial charge is 0.464 e. The third-order valence-corrected chi connectivity index (χ3v) is 5.90. The van der Waals surface area contributed by atoms with Crippen molar-refractivity contribution in [1.29, 1.82) is 0 Å². The van der Waals surface area contributed by atoms with E-state index in [0.717, 1.165) is 31.5 Å². The normalized spacial score (nSPS) is 30.2. The molecule has 4 atom stereocenters. The van der Waals surface area contributed by atoms with Gasteiger partial charge in [-0.15, -0.1) is 10.2 Å². The topological polar surface area (TPSA) is 122 Å². The second-order valence-corrected chi connectivity index (χ2v) is 7.82. The molecule has 0 bridgehead atoms. The van der Waals surface area contributed by atoms with Gasteiger partial charge in [-0.2, -0.15) is 5.21 Å². The van der Waals surface area contributed by atoms with Crippen molar-refractivity contribution in [2.45, 2.75) is 64.3 Å². The molecule has 0 aromatic carbocycles. The van der Waals surface area contributed by atoms with Crippen LogP contribution >= 0.6 is 0 Å². The molecule has 156 valence electrons. The molecule has 2 aliphatic rings. The van der Waals surface area contributed by atoms with Gasteiger partial charge in [-0.05, 0) is 56.4 Å². The fourth-order valence-electron chi connectivity index (χ4n) is 4.25. The van der Waals surface area contributed by atoms with Crippen LogP contribution in [0.25, 0.3) is 0 Å². The summed E-state index contributed by atoms with van der Waals surface area (Å²) in [5, 5.41) is 20.0. The molecular weight excluding hydrogens is 360 g/mol. The molecule has 1 aliphatic heterocycles. The minimum atomic E-state index is -1.37. The van der Waals surface area contributed by atoms with E-state index >= 15 is 0 Å². The number of piperidine rings is 1. The Morgan fingerprint density at radius 1 is 1.32 bits per heavy atom. The Kier molecular flexibility index (Phi) is 7.23. The van der Waals surface area contributed by atoms with Crippen LogP contribution in [-0.2, 0) is 20.7 Å². The van der Waals surface area contributed by atoms with E-state index in [9.17, 15) is 9.59 Å². The van der Waals surface area contributed by atoms with Crippen molar-refractivity contribution < 1.29 is 15.7 Å². The zero-order valence-corrected chi connectivity index (χ0v) is 16.6. The van der Waals surface area contributed by atoms with Crippen molar-refractivity contribution in [3.8, 4) is 0 Å². The number of hydrogen-bond donors (Lipinski definition) is 3. The number of nitrogens with one attached hydrogen (secondary N) is 3. The van der Waals surface area contributed by atoms with Gasteiger partial charge in [0.15, 0.2) is 5.82 Å². The number of hydrogen-bond acceptors (Lipinski definition) is 7. The van der Waals surface area contributed by atoms with Crippen LogP contribution in [0.3, 0.4) is 0 Å². The third-order valence-electron chi connectivity index (χ3n) is 5.90. The lowest BCUT2D eigenvalue weighted by molar-refractivity contribution is -0.148. The molecule has 0 spiro atoms. The van der Waals surface area contributed by atoms with Gasteiger partial charge in [0.2, 0.25) is 5.91 Å². The molecule has 9 heteroatoms. The fourth-order valence-corrected chi connectivity index (χ4v) is 4.25. The number of aryl methyl sites for hydroxylation is 1. The van der Waals surface area contributed by atoms with Gasteiger partial charge in [0.1, 0.15) is 6.02 Å². The van der Waals surface area contributed by atoms with E-state index < -0.39 is 12.0 Å². The van der Waals surface area contributed by atoms with Crippen LogP contribution in [0.4, 0.5) is 0 Å². The lowest BCUT2D eigenvalue weighted by Gasteiger charge is -2.42. The van der Waals surface area contributed by atoms with Crippen molar-refractivity contribution in [2.75, 3.05) is 19.7 Å². The molecule has 28 heavy (non-hydrogen) atoms. The predicted octanol–water partition coefficient (Wildman–Crippen LogP) is 0.986. The lowest BCUT2D eigenvalue weighted by atomic mass is 9.69. The molecular formula is C19H32N6O3. The summed E-state index contributed by atoms with van der Waals surface area (Å²) in [6, 6.07) is -1.37. The second-order valence-electron chi connectivity index (χ2n) is 7.82. The van der Waals surface area contributed by atoms with Crippen molar-refractivity contribution in [2.24, 2.45) is 17.8 Å². The molecule has 2 fully saturated rings. The Labute approximate surface area is 167 Å². The summed E-state index contributed by atoms with van der Waals surface area (Å²) in [5.41, 5.74) is 0. The summed E-state index contributed by atoms with van der Waals surface area (Å²) in [4.78, 5) is 23.7. The number of H-pyrrole nitrogens is 1. The first-order chi connectivity index (χ1) is 14.0. The highest BCUT2D eigenvalue weighted by Crippen LogP contribution is 2.40. The summed E-state index contributed by atoms with van der Waals surface area (Å²) >= 11 is 0. The summed E-state index contributed by atoms with van der Waals surface area (Å²) in [6.07, 6.45) is 6.61. The third kappa shape index (κ3) is 5.98. The number of esters is 1. The lowest BCUT2D eigenvalue weighted by Crippen LogP contribution is -2.50. The van der Waals surface area contributed by atoms with Gasteiger partial charge in [0.05, 0.1) is 7.98 Å². The number of nitrogens with zero attached hydrogens (tertiary/aromatic N) is 3. The molecule has 1 aromatic heterocycles. The smallest absolute Gasteiger partial charge is 0.323 e. The molecule has 1 amide bonds. The average Bonchev–Trinajstić information content (AvgIpc) is 3.25. The quantitative estimate of drug-likeness (QED) is 0.422. The summed E-state index contributed by atoms with van der Waals surface area (Å²) in [5.74, 6) is 1.66. The maximum atomic E-state index is 12.5. The maximum absolute atomic E-state index is 12.5. The molecule has 3 rings (SSSR count). The highest BCUT2D eigenvalue weighted by molar-refractivity contribution is 5.76. The highest BCUT2D eigenvalue weighted by Gasteiger charge is 2.38. The first kappa shape index (κ1) is 19.3. The minimum absolute atomic E-state index is 0.0144. The molecule has 1 aliphatic carbocycles. The highest BCUT2D eigenvalue weighted by atomic mass is 16.5. The van der Waals surface area contributed by atoms with Gasteiger partial charge in [0.25, 0.3) is 0 Å². The molecule has 3 N–H and O–H groups in total. The van der Waals surface area contributed by atoms with E-state index in [1.54, 1.807) is 6.92 Å². The number of tetrazole rings is 1. The Hall–Kier alpha value is -2.03. The van der Waals surface area contributed by atoms with Crippen LogP contribution in [-0.4, -0.2) is 58.2 Å². The monoisotopic (exact) mass is 393 g/mol. The molecule has 1 saturated carbocycles. The van der Waals surface area contributed by atoms with Gasteiger partial charge in [-0.3, -0.25) is 9.59 Å². The van der Waals surface area contributed by atoms with Gasteiger partial charge in [-0.1, -0.05) is 18.6 Å². The summed E-state index contributed by atoms with van der Waals surface area (Å²) in [6.45, 7) is 3.17. The molecule has 0 radical (unpaired) electrons. The van der Waals surface area contributed by atoms with Gasteiger partial charge in [0, 0.05) is 19.4 Å². The SMILES string of the molecule is [2H][C@@]1(C(=O)OCCCNC(=O)CC)C[C@H]2C[C@@H](CCc3nn[nH]n3)CC[C@H]2CN1. The molecule has 1 saturated heterocycles. The number of carbonyl (C=O) groups is 2. The first-order valence-electron chi connectivity index (χ1n) is 10.9. The van der Waals surface area contributed by atoms with E-state index in [4.69, 9.17) is 6.11 Å². The zero-order chi connectivity index (χ0) is 20.7. The van der Waals surface area contributed by atoms with Crippen LogP contribution in [0, 0.1) is 17.8 Å². The Morgan fingerprint density at radius 2 is 2.21 bits per heavy atom. The number of aromatic amines is 1.